The molecule has 1 aliphatic rings. The summed E-state index contributed by atoms with van der Waals surface area (Å²) in [6.07, 6.45) is 6.77. The van der Waals surface area contributed by atoms with Crippen LogP contribution in [0.25, 0.3) is 10.2 Å². The summed E-state index contributed by atoms with van der Waals surface area (Å²) >= 11 is 3.01. The minimum absolute atomic E-state index is 0.0222. The van der Waals surface area contributed by atoms with Gasteiger partial charge in [-0.25, -0.2) is 4.98 Å². The molecule has 0 atom stereocenters. The number of hydrogen-bond acceptors (Lipinski definition) is 7. The van der Waals surface area contributed by atoms with Gasteiger partial charge in [-0.15, -0.1) is 11.3 Å². The maximum atomic E-state index is 13.5. The molecular weight excluding hydrogens is 444 g/mol. The molecule has 172 valence electrons. The summed E-state index contributed by atoms with van der Waals surface area (Å²) in [7, 11) is 5.82. The third-order valence-corrected chi connectivity index (χ3v) is 7.90. The predicted molar refractivity (Wildman–Crippen MR) is 130 cm³/mol. The fourth-order valence-corrected chi connectivity index (χ4v) is 6.30. The van der Waals surface area contributed by atoms with Gasteiger partial charge < -0.3 is 14.2 Å². The number of fused-ring (bicyclic) bond motifs is 3. The fraction of sp³-hybridized carbons (Fsp3) is 0.522. The number of carbonyl (C=O) groups is 1. The standard InChI is InChI=1S/C23H30N4O3S2/c1-25(2)11-7-12-27-22(29)20-17-9-4-5-10-18(17)32-21(20)24-23(27)31-15-19(28)26(3)14-16-8-6-13-30-16/h6,8,13H,4-5,7,9-12,14-15H2,1-3H3. The number of nitrogens with zero attached hydrogens (tertiary/aromatic N) is 4. The Labute approximate surface area is 196 Å². The van der Waals surface area contributed by atoms with E-state index < -0.39 is 0 Å². The van der Waals surface area contributed by atoms with E-state index in [2.05, 4.69) is 4.90 Å². The number of furan rings is 1. The molecular formula is C23H30N4O3S2. The Hall–Kier alpha value is -2.10. The summed E-state index contributed by atoms with van der Waals surface area (Å²) in [6.45, 7) is 1.91. The number of hydrogen-bond donors (Lipinski definition) is 0. The first-order chi connectivity index (χ1) is 15.4. The predicted octanol–water partition coefficient (Wildman–Crippen LogP) is 3.63. The van der Waals surface area contributed by atoms with Gasteiger partial charge in [0.25, 0.3) is 5.56 Å². The Morgan fingerprint density at radius 1 is 1.28 bits per heavy atom. The van der Waals surface area contributed by atoms with Crippen LogP contribution in [0.3, 0.4) is 0 Å². The average Bonchev–Trinajstić information content (AvgIpc) is 3.40. The first-order valence-electron chi connectivity index (χ1n) is 11.0. The van der Waals surface area contributed by atoms with Crippen LogP contribution in [0.1, 0.15) is 35.5 Å². The maximum Gasteiger partial charge on any atom is 0.263 e. The fourth-order valence-electron chi connectivity index (χ4n) is 4.03. The van der Waals surface area contributed by atoms with Crippen LogP contribution in [-0.4, -0.2) is 58.7 Å². The highest BCUT2D eigenvalue weighted by molar-refractivity contribution is 7.99. The lowest BCUT2D eigenvalue weighted by molar-refractivity contribution is -0.127. The zero-order valence-electron chi connectivity index (χ0n) is 18.9. The Morgan fingerprint density at radius 3 is 2.84 bits per heavy atom. The lowest BCUT2D eigenvalue weighted by Crippen LogP contribution is -2.29. The number of rotatable bonds is 9. The quantitative estimate of drug-likeness (QED) is 0.348. The Bertz CT molecular complexity index is 1130. The summed E-state index contributed by atoms with van der Waals surface area (Å²) in [5.41, 5.74) is 1.26. The second-order valence-electron chi connectivity index (χ2n) is 8.52. The molecule has 32 heavy (non-hydrogen) atoms. The van der Waals surface area contributed by atoms with E-state index in [4.69, 9.17) is 9.40 Å². The maximum absolute atomic E-state index is 13.5. The summed E-state index contributed by atoms with van der Waals surface area (Å²) in [6, 6.07) is 3.67. The van der Waals surface area contributed by atoms with Crippen molar-refractivity contribution in [2.45, 2.75) is 50.4 Å². The smallest absolute Gasteiger partial charge is 0.263 e. The molecule has 0 saturated carbocycles. The summed E-state index contributed by atoms with van der Waals surface area (Å²) in [4.78, 5) is 37.0. The molecule has 0 radical (unpaired) electrons. The molecule has 1 aliphatic carbocycles. The molecule has 3 heterocycles. The van der Waals surface area contributed by atoms with E-state index in [0.717, 1.165) is 48.2 Å². The Morgan fingerprint density at radius 2 is 2.09 bits per heavy atom. The van der Waals surface area contributed by atoms with Crippen LogP contribution >= 0.6 is 23.1 Å². The van der Waals surface area contributed by atoms with Gasteiger partial charge in [-0.05, 0) is 70.4 Å². The lowest BCUT2D eigenvalue weighted by Gasteiger charge is -2.17. The van der Waals surface area contributed by atoms with E-state index in [9.17, 15) is 9.59 Å². The summed E-state index contributed by atoms with van der Waals surface area (Å²) in [5, 5.41) is 1.44. The van der Waals surface area contributed by atoms with Crippen LogP contribution in [-0.2, 0) is 30.7 Å². The molecule has 4 rings (SSSR count). The minimum atomic E-state index is -0.0222. The van der Waals surface area contributed by atoms with Crippen molar-refractivity contribution in [2.24, 2.45) is 0 Å². The van der Waals surface area contributed by atoms with Gasteiger partial charge in [-0.1, -0.05) is 11.8 Å². The number of thioether (sulfide) groups is 1. The Kier molecular flexibility index (Phi) is 7.37. The van der Waals surface area contributed by atoms with Crippen LogP contribution in [0, 0.1) is 0 Å². The number of carbonyl (C=O) groups excluding carboxylic acids is 1. The van der Waals surface area contributed by atoms with Gasteiger partial charge in [0.15, 0.2) is 5.16 Å². The highest BCUT2D eigenvalue weighted by Gasteiger charge is 2.23. The van der Waals surface area contributed by atoms with Crippen LogP contribution < -0.4 is 5.56 Å². The first kappa shape index (κ1) is 23.1. The van der Waals surface area contributed by atoms with Crippen LogP contribution in [0.4, 0.5) is 0 Å². The van der Waals surface area contributed by atoms with E-state index >= 15 is 0 Å². The molecule has 0 N–H and O–H groups in total. The topological polar surface area (TPSA) is 71.6 Å². The first-order valence-corrected chi connectivity index (χ1v) is 12.8. The molecule has 0 saturated heterocycles. The number of aryl methyl sites for hydroxylation is 2. The number of aromatic nitrogens is 2. The third-order valence-electron chi connectivity index (χ3n) is 5.75. The molecule has 0 fully saturated rings. The van der Waals surface area contributed by atoms with Crippen molar-refractivity contribution in [1.82, 2.24) is 19.4 Å². The Balaban J connectivity index is 1.58. The van der Waals surface area contributed by atoms with Gasteiger partial charge in [-0.2, -0.15) is 0 Å². The van der Waals surface area contributed by atoms with Gasteiger partial charge in [0.1, 0.15) is 10.6 Å². The SMILES string of the molecule is CN(C)CCCn1c(SCC(=O)N(C)Cc2ccco2)nc2sc3c(c2c1=O)CCCC3. The zero-order valence-corrected chi connectivity index (χ0v) is 20.6. The molecule has 7 nitrogen and oxygen atoms in total. The largest absolute Gasteiger partial charge is 0.467 e. The molecule has 0 bridgehead atoms. The van der Waals surface area contributed by atoms with E-state index in [0.29, 0.717) is 18.2 Å². The zero-order chi connectivity index (χ0) is 22.7. The van der Waals surface area contributed by atoms with E-state index in [1.807, 2.05) is 26.2 Å². The molecule has 3 aromatic heterocycles. The van der Waals surface area contributed by atoms with Gasteiger partial charge >= 0.3 is 0 Å². The van der Waals surface area contributed by atoms with Crippen molar-refractivity contribution in [3.8, 4) is 0 Å². The van der Waals surface area contributed by atoms with E-state index in [1.54, 1.807) is 34.1 Å². The van der Waals surface area contributed by atoms with Crippen LogP contribution in [0.5, 0.6) is 0 Å². The lowest BCUT2D eigenvalue weighted by atomic mass is 9.97. The second-order valence-corrected chi connectivity index (χ2v) is 10.5. The highest BCUT2D eigenvalue weighted by Crippen LogP contribution is 2.34. The van der Waals surface area contributed by atoms with Crippen LogP contribution in [0.15, 0.2) is 32.8 Å². The van der Waals surface area contributed by atoms with Gasteiger partial charge in [0, 0.05) is 18.5 Å². The van der Waals surface area contributed by atoms with Crippen molar-refractivity contribution in [3.05, 3.63) is 45.0 Å². The summed E-state index contributed by atoms with van der Waals surface area (Å²) in [5.74, 6) is 0.953. The average molecular weight is 475 g/mol. The normalized spacial score (nSPS) is 13.6. The molecule has 3 aromatic rings. The van der Waals surface area contributed by atoms with Crippen molar-refractivity contribution in [1.29, 1.82) is 0 Å². The van der Waals surface area contributed by atoms with Gasteiger partial charge in [0.05, 0.1) is 23.9 Å². The highest BCUT2D eigenvalue weighted by atomic mass is 32.2. The van der Waals surface area contributed by atoms with Gasteiger partial charge in [-0.3, -0.25) is 14.2 Å². The van der Waals surface area contributed by atoms with Crippen molar-refractivity contribution >= 4 is 39.2 Å². The molecule has 0 aromatic carbocycles. The van der Waals surface area contributed by atoms with Crippen LogP contribution in [0.2, 0.25) is 0 Å². The number of thiophene rings is 1. The third kappa shape index (κ3) is 5.10. The van der Waals surface area contributed by atoms with Crippen molar-refractivity contribution < 1.29 is 9.21 Å². The molecule has 1 amide bonds. The molecule has 9 heteroatoms. The molecule has 0 unspecified atom stereocenters. The van der Waals surface area contributed by atoms with E-state index in [-0.39, 0.29) is 17.2 Å². The minimum Gasteiger partial charge on any atom is -0.467 e. The molecule has 0 aliphatic heterocycles. The van der Waals surface area contributed by atoms with Crippen molar-refractivity contribution in [2.75, 3.05) is 33.4 Å². The van der Waals surface area contributed by atoms with E-state index in [1.165, 1.54) is 28.6 Å². The van der Waals surface area contributed by atoms with Gasteiger partial charge in [0.2, 0.25) is 5.91 Å². The van der Waals surface area contributed by atoms with Crippen molar-refractivity contribution in [3.63, 3.8) is 0 Å². The number of amides is 1. The second kappa shape index (κ2) is 10.2. The monoisotopic (exact) mass is 474 g/mol. The molecule has 0 spiro atoms. The summed E-state index contributed by atoms with van der Waals surface area (Å²) < 4.78 is 7.13.